The molecule has 0 saturated carbocycles. The predicted molar refractivity (Wildman–Crippen MR) is 64.9 cm³/mol. The molecule has 0 aromatic rings. The SMILES string of the molecule is CCC(O)CCCN1CC(C)CC(C)C1. The first-order valence-corrected chi connectivity index (χ1v) is 6.52. The molecule has 1 fully saturated rings. The normalized spacial score (nSPS) is 30.4. The van der Waals surface area contributed by atoms with Crippen LogP contribution in [0.25, 0.3) is 0 Å². The van der Waals surface area contributed by atoms with Crippen molar-refractivity contribution in [3.05, 3.63) is 0 Å². The molecule has 0 spiro atoms. The average Bonchev–Trinajstić information content (AvgIpc) is 2.16. The van der Waals surface area contributed by atoms with Gasteiger partial charge in [0.05, 0.1) is 6.10 Å². The molecular formula is C13H27NO. The number of piperidine rings is 1. The number of nitrogens with zero attached hydrogens (tertiary/aromatic N) is 1. The first-order chi connectivity index (χ1) is 7.11. The first kappa shape index (κ1) is 13.0. The summed E-state index contributed by atoms with van der Waals surface area (Å²) in [6, 6.07) is 0. The number of hydrogen-bond donors (Lipinski definition) is 1. The van der Waals surface area contributed by atoms with E-state index in [1.807, 2.05) is 0 Å². The molecular weight excluding hydrogens is 186 g/mol. The summed E-state index contributed by atoms with van der Waals surface area (Å²) in [7, 11) is 0. The predicted octanol–water partition coefficient (Wildman–Crippen LogP) is 2.52. The van der Waals surface area contributed by atoms with Crippen molar-refractivity contribution in [2.24, 2.45) is 11.8 Å². The van der Waals surface area contributed by atoms with Crippen molar-refractivity contribution in [1.82, 2.24) is 4.90 Å². The Morgan fingerprint density at radius 3 is 2.40 bits per heavy atom. The van der Waals surface area contributed by atoms with Gasteiger partial charge in [-0.05, 0) is 44.1 Å². The second-order valence-electron chi connectivity index (χ2n) is 5.41. The molecule has 2 heteroatoms. The second kappa shape index (κ2) is 6.49. The van der Waals surface area contributed by atoms with Gasteiger partial charge in [0, 0.05) is 13.1 Å². The molecule has 1 rings (SSSR count). The fraction of sp³-hybridized carbons (Fsp3) is 1.00. The van der Waals surface area contributed by atoms with Crippen LogP contribution in [0, 0.1) is 11.8 Å². The van der Waals surface area contributed by atoms with Crippen LogP contribution in [0.15, 0.2) is 0 Å². The highest BCUT2D eigenvalue weighted by molar-refractivity contribution is 4.74. The van der Waals surface area contributed by atoms with Crippen LogP contribution in [-0.2, 0) is 0 Å². The van der Waals surface area contributed by atoms with E-state index in [2.05, 4.69) is 25.7 Å². The van der Waals surface area contributed by atoms with Gasteiger partial charge in [-0.2, -0.15) is 0 Å². The number of rotatable bonds is 5. The van der Waals surface area contributed by atoms with E-state index in [-0.39, 0.29) is 6.10 Å². The van der Waals surface area contributed by atoms with E-state index in [1.54, 1.807) is 0 Å². The van der Waals surface area contributed by atoms with Crippen molar-refractivity contribution in [2.45, 2.75) is 52.6 Å². The maximum Gasteiger partial charge on any atom is 0.0538 e. The van der Waals surface area contributed by atoms with Crippen molar-refractivity contribution in [2.75, 3.05) is 19.6 Å². The molecule has 0 aliphatic carbocycles. The fourth-order valence-corrected chi connectivity index (χ4v) is 2.73. The summed E-state index contributed by atoms with van der Waals surface area (Å²) >= 11 is 0. The zero-order valence-electron chi connectivity index (χ0n) is 10.6. The van der Waals surface area contributed by atoms with E-state index in [1.165, 1.54) is 26.1 Å². The molecule has 3 atom stereocenters. The summed E-state index contributed by atoms with van der Waals surface area (Å²) in [6.45, 7) is 10.4. The molecule has 0 aromatic heterocycles. The molecule has 3 unspecified atom stereocenters. The van der Waals surface area contributed by atoms with Gasteiger partial charge in [0.2, 0.25) is 0 Å². The van der Waals surface area contributed by atoms with E-state index in [0.717, 1.165) is 31.1 Å². The Labute approximate surface area is 94.7 Å². The van der Waals surface area contributed by atoms with Crippen LogP contribution in [0.3, 0.4) is 0 Å². The van der Waals surface area contributed by atoms with Gasteiger partial charge >= 0.3 is 0 Å². The number of hydrogen-bond acceptors (Lipinski definition) is 2. The minimum absolute atomic E-state index is 0.0790. The third kappa shape index (κ3) is 4.98. The van der Waals surface area contributed by atoms with Crippen LogP contribution in [0.1, 0.15) is 46.5 Å². The monoisotopic (exact) mass is 213 g/mol. The van der Waals surface area contributed by atoms with E-state index in [4.69, 9.17) is 0 Å². The van der Waals surface area contributed by atoms with Crippen LogP contribution >= 0.6 is 0 Å². The molecule has 0 aromatic carbocycles. The van der Waals surface area contributed by atoms with E-state index < -0.39 is 0 Å². The summed E-state index contributed by atoms with van der Waals surface area (Å²) < 4.78 is 0. The summed E-state index contributed by atoms with van der Waals surface area (Å²) in [6.07, 6.45) is 4.31. The van der Waals surface area contributed by atoms with Gasteiger partial charge in [-0.1, -0.05) is 20.8 Å². The van der Waals surface area contributed by atoms with Gasteiger partial charge in [-0.3, -0.25) is 0 Å². The zero-order valence-corrected chi connectivity index (χ0v) is 10.6. The quantitative estimate of drug-likeness (QED) is 0.758. The molecule has 0 bridgehead atoms. The van der Waals surface area contributed by atoms with Crippen LogP contribution in [-0.4, -0.2) is 35.7 Å². The van der Waals surface area contributed by atoms with Gasteiger partial charge in [0.25, 0.3) is 0 Å². The van der Waals surface area contributed by atoms with Crippen LogP contribution in [0.5, 0.6) is 0 Å². The Kier molecular flexibility index (Phi) is 5.62. The summed E-state index contributed by atoms with van der Waals surface area (Å²) in [5.41, 5.74) is 0. The standard InChI is InChI=1S/C13H27NO/c1-4-13(15)6-5-7-14-9-11(2)8-12(3)10-14/h11-13,15H,4-10H2,1-3H3. The summed E-state index contributed by atoms with van der Waals surface area (Å²) in [5.74, 6) is 1.70. The highest BCUT2D eigenvalue weighted by Gasteiger charge is 2.21. The lowest BCUT2D eigenvalue weighted by atomic mass is 9.92. The highest BCUT2D eigenvalue weighted by Crippen LogP contribution is 2.21. The molecule has 1 N–H and O–H groups in total. The average molecular weight is 213 g/mol. The Bertz CT molecular complexity index is 162. The topological polar surface area (TPSA) is 23.5 Å². The smallest absolute Gasteiger partial charge is 0.0538 e. The van der Waals surface area contributed by atoms with E-state index in [0.29, 0.717) is 0 Å². The van der Waals surface area contributed by atoms with Gasteiger partial charge in [0.1, 0.15) is 0 Å². The maximum atomic E-state index is 9.47. The molecule has 1 aliphatic heterocycles. The van der Waals surface area contributed by atoms with Crippen molar-refractivity contribution in [1.29, 1.82) is 0 Å². The minimum atomic E-state index is -0.0790. The van der Waals surface area contributed by atoms with Crippen molar-refractivity contribution < 1.29 is 5.11 Å². The largest absolute Gasteiger partial charge is 0.393 e. The zero-order chi connectivity index (χ0) is 11.3. The molecule has 1 heterocycles. The lowest BCUT2D eigenvalue weighted by molar-refractivity contribution is 0.120. The van der Waals surface area contributed by atoms with E-state index in [9.17, 15) is 5.11 Å². The lowest BCUT2D eigenvalue weighted by Gasteiger charge is -2.35. The Morgan fingerprint density at radius 2 is 1.87 bits per heavy atom. The van der Waals surface area contributed by atoms with Gasteiger partial charge < -0.3 is 10.0 Å². The number of likely N-dealkylation sites (tertiary alicyclic amines) is 1. The Hall–Kier alpha value is -0.0800. The Balaban J connectivity index is 2.15. The van der Waals surface area contributed by atoms with Crippen LogP contribution in [0.4, 0.5) is 0 Å². The summed E-state index contributed by atoms with van der Waals surface area (Å²) in [5, 5.41) is 9.47. The molecule has 1 aliphatic rings. The third-order valence-corrected chi connectivity index (χ3v) is 3.43. The number of aliphatic hydroxyl groups excluding tert-OH is 1. The molecule has 0 amide bonds. The summed E-state index contributed by atoms with van der Waals surface area (Å²) in [4.78, 5) is 2.57. The first-order valence-electron chi connectivity index (χ1n) is 6.52. The van der Waals surface area contributed by atoms with Gasteiger partial charge in [-0.15, -0.1) is 0 Å². The molecule has 15 heavy (non-hydrogen) atoms. The fourth-order valence-electron chi connectivity index (χ4n) is 2.73. The minimum Gasteiger partial charge on any atom is -0.393 e. The van der Waals surface area contributed by atoms with Gasteiger partial charge in [0.15, 0.2) is 0 Å². The van der Waals surface area contributed by atoms with Crippen molar-refractivity contribution >= 4 is 0 Å². The Morgan fingerprint density at radius 1 is 1.27 bits per heavy atom. The molecule has 0 radical (unpaired) electrons. The lowest BCUT2D eigenvalue weighted by Crippen LogP contribution is -2.39. The van der Waals surface area contributed by atoms with Crippen LogP contribution < -0.4 is 0 Å². The molecule has 90 valence electrons. The maximum absolute atomic E-state index is 9.47. The van der Waals surface area contributed by atoms with Crippen molar-refractivity contribution in [3.63, 3.8) is 0 Å². The molecule has 1 saturated heterocycles. The van der Waals surface area contributed by atoms with Crippen molar-refractivity contribution in [3.8, 4) is 0 Å². The van der Waals surface area contributed by atoms with E-state index >= 15 is 0 Å². The van der Waals surface area contributed by atoms with Gasteiger partial charge in [-0.25, -0.2) is 0 Å². The van der Waals surface area contributed by atoms with Crippen LogP contribution in [0.2, 0.25) is 0 Å². The molecule has 2 nitrogen and oxygen atoms in total. The highest BCUT2D eigenvalue weighted by atomic mass is 16.3. The third-order valence-electron chi connectivity index (χ3n) is 3.43. The number of aliphatic hydroxyl groups is 1. The second-order valence-corrected chi connectivity index (χ2v) is 5.41.